The lowest BCUT2D eigenvalue weighted by molar-refractivity contribution is 0.259. The molecule has 0 saturated carbocycles. The van der Waals surface area contributed by atoms with E-state index in [0.717, 1.165) is 11.5 Å². The highest BCUT2D eigenvalue weighted by Gasteiger charge is 2.07. The van der Waals surface area contributed by atoms with E-state index in [1.54, 1.807) is 7.11 Å². The summed E-state index contributed by atoms with van der Waals surface area (Å²) < 4.78 is 10.6. The van der Waals surface area contributed by atoms with Crippen molar-refractivity contribution in [2.24, 2.45) is 11.7 Å². The molecule has 3 heteroatoms. The quantitative estimate of drug-likeness (QED) is 0.807. The zero-order valence-electron chi connectivity index (χ0n) is 9.57. The molecule has 15 heavy (non-hydrogen) atoms. The Morgan fingerprint density at radius 2 is 1.67 bits per heavy atom. The van der Waals surface area contributed by atoms with E-state index in [0.29, 0.717) is 12.5 Å². The van der Waals surface area contributed by atoms with Crippen LogP contribution in [0.3, 0.4) is 0 Å². The van der Waals surface area contributed by atoms with Crippen molar-refractivity contribution in [3.05, 3.63) is 24.3 Å². The van der Waals surface area contributed by atoms with Gasteiger partial charge in [-0.2, -0.15) is 0 Å². The molecule has 3 nitrogen and oxygen atoms in total. The molecule has 0 aliphatic heterocycles. The second-order valence-corrected chi connectivity index (χ2v) is 3.89. The van der Waals surface area contributed by atoms with Crippen LogP contribution in [0.4, 0.5) is 0 Å². The Hall–Kier alpha value is -1.22. The van der Waals surface area contributed by atoms with Crippen LogP contribution in [0.5, 0.6) is 11.5 Å². The summed E-state index contributed by atoms with van der Waals surface area (Å²) in [6.45, 7) is 4.72. The molecule has 0 saturated heterocycles. The molecular formula is C12H19NO2. The second kappa shape index (κ2) is 5.61. The van der Waals surface area contributed by atoms with Gasteiger partial charge in [-0.25, -0.2) is 0 Å². The van der Waals surface area contributed by atoms with Crippen LogP contribution in [0, 0.1) is 5.92 Å². The average Bonchev–Trinajstić information content (AvgIpc) is 2.26. The molecule has 0 fully saturated rings. The van der Waals surface area contributed by atoms with Gasteiger partial charge in [0.1, 0.15) is 18.1 Å². The van der Waals surface area contributed by atoms with E-state index in [4.69, 9.17) is 15.2 Å². The number of hydrogen-bond donors (Lipinski definition) is 1. The smallest absolute Gasteiger partial charge is 0.119 e. The lowest BCUT2D eigenvalue weighted by atomic mass is 10.1. The van der Waals surface area contributed by atoms with Gasteiger partial charge in [-0.05, 0) is 30.2 Å². The summed E-state index contributed by atoms with van der Waals surface area (Å²) in [4.78, 5) is 0. The van der Waals surface area contributed by atoms with Gasteiger partial charge in [0.05, 0.1) is 7.11 Å². The summed E-state index contributed by atoms with van der Waals surface area (Å²) >= 11 is 0. The second-order valence-electron chi connectivity index (χ2n) is 3.89. The summed E-state index contributed by atoms with van der Waals surface area (Å²) in [5, 5.41) is 0. The first kappa shape index (κ1) is 11.9. The molecule has 0 spiro atoms. The number of ether oxygens (including phenoxy) is 2. The maximum Gasteiger partial charge on any atom is 0.119 e. The van der Waals surface area contributed by atoms with Gasteiger partial charge in [-0.15, -0.1) is 0 Å². The molecule has 2 N–H and O–H groups in total. The number of rotatable bonds is 5. The minimum atomic E-state index is 0.0760. The van der Waals surface area contributed by atoms with Crippen LogP contribution in [-0.4, -0.2) is 19.8 Å². The van der Waals surface area contributed by atoms with Crippen LogP contribution in [-0.2, 0) is 0 Å². The van der Waals surface area contributed by atoms with Gasteiger partial charge >= 0.3 is 0 Å². The molecule has 0 aliphatic rings. The summed E-state index contributed by atoms with van der Waals surface area (Å²) in [6.07, 6.45) is 0. The number of hydrogen-bond acceptors (Lipinski definition) is 3. The van der Waals surface area contributed by atoms with Gasteiger partial charge in [0, 0.05) is 6.04 Å². The van der Waals surface area contributed by atoms with Gasteiger partial charge in [0.25, 0.3) is 0 Å². The number of benzene rings is 1. The summed E-state index contributed by atoms with van der Waals surface area (Å²) in [5.41, 5.74) is 5.87. The van der Waals surface area contributed by atoms with Crippen molar-refractivity contribution in [2.45, 2.75) is 19.9 Å². The fourth-order valence-electron chi connectivity index (χ4n) is 1.06. The van der Waals surface area contributed by atoms with E-state index < -0.39 is 0 Å². The van der Waals surface area contributed by atoms with E-state index in [1.807, 2.05) is 24.3 Å². The molecule has 1 rings (SSSR count). The lowest BCUT2D eigenvalue weighted by Gasteiger charge is -2.16. The monoisotopic (exact) mass is 209 g/mol. The Morgan fingerprint density at radius 3 is 2.13 bits per heavy atom. The van der Waals surface area contributed by atoms with E-state index in [9.17, 15) is 0 Å². The largest absolute Gasteiger partial charge is 0.497 e. The first-order chi connectivity index (χ1) is 7.13. The standard InChI is InChI=1S/C12H19NO2/c1-9(2)12(13)8-15-11-6-4-10(14-3)5-7-11/h4-7,9,12H,8,13H2,1-3H3/t12-/m1/s1. The Bertz CT molecular complexity index is 282. The molecule has 0 amide bonds. The predicted molar refractivity (Wildman–Crippen MR) is 61.3 cm³/mol. The van der Waals surface area contributed by atoms with Crippen molar-refractivity contribution in [1.82, 2.24) is 0 Å². The molecule has 0 aliphatic carbocycles. The van der Waals surface area contributed by atoms with Gasteiger partial charge in [-0.3, -0.25) is 0 Å². The van der Waals surface area contributed by atoms with Crippen molar-refractivity contribution < 1.29 is 9.47 Å². The zero-order valence-corrected chi connectivity index (χ0v) is 9.57. The van der Waals surface area contributed by atoms with Crippen molar-refractivity contribution in [2.75, 3.05) is 13.7 Å². The van der Waals surface area contributed by atoms with Crippen molar-refractivity contribution in [1.29, 1.82) is 0 Å². The van der Waals surface area contributed by atoms with Gasteiger partial charge in [0.2, 0.25) is 0 Å². The number of nitrogens with two attached hydrogens (primary N) is 1. The molecule has 0 unspecified atom stereocenters. The molecule has 0 heterocycles. The highest BCUT2D eigenvalue weighted by atomic mass is 16.5. The molecule has 1 aromatic rings. The van der Waals surface area contributed by atoms with E-state index >= 15 is 0 Å². The average molecular weight is 209 g/mol. The molecule has 0 radical (unpaired) electrons. The number of methoxy groups -OCH3 is 1. The first-order valence-corrected chi connectivity index (χ1v) is 5.16. The first-order valence-electron chi connectivity index (χ1n) is 5.16. The highest BCUT2D eigenvalue weighted by molar-refractivity contribution is 5.31. The molecule has 1 atom stereocenters. The third-order valence-corrected chi connectivity index (χ3v) is 2.36. The summed E-state index contributed by atoms with van der Waals surface area (Å²) in [5.74, 6) is 2.09. The normalized spacial score (nSPS) is 12.6. The molecule has 0 aromatic heterocycles. The van der Waals surface area contributed by atoms with E-state index in [-0.39, 0.29) is 6.04 Å². The van der Waals surface area contributed by atoms with Crippen molar-refractivity contribution >= 4 is 0 Å². The minimum absolute atomic E-state index is 0.0760. The van der Waals surface area contributed by atoms with Crippen LogP contribution in [0.15, 0.2) is 24.3 Å². The molecule has 1 aromatic carbocycles. The van der Waals surface area contributed by atoms with Crippen LogP contribution in [0.2, 0.25) is 0 Å². The van der Waals surface area contributed by atoms with Crippen molar-refractivity contribution in [3.63, 3.8) is 0 Å². The Balaban J connectivity index is 2.44. The zero-order chi connectivity index (χ0) is 11.3. The third kappa shape index (κ3) is 3.80. The fraction of sp³-hybridized carbons (Fsp3) is 0.500. The maximum atomic E-state index is 5.87. The SMILES string of the molecule is COc1ccc(OC[C@@H](N)C(C)C)cc1. The maximum absolute atomic E-state index is 5.87. The molecule has 0 bridgehead atoms. The Kier molecular flexibility index (Phi) is 4.43. The van der Waals surface area contributed by atoms with E-state index in [1.165, 1.54) is 0 Å². The van der Waals surface area contributed by atoms with Gasteiger partial charge in [0.15, 0.2) is 0 Å². The lowest BCUT2D eigenvalue weighted by Crippen LogP contribution is -2.32. The van der Waals surface area contributed by atoms with Crippen molar-refractivity contribution in [3.8, 4) is 11.5 Å². The molecular weight excluding hydrogens is 190 g/mol. The summed E-state index contributed by atoms with van der Waals surface area (Å²) in [6, 6.07) is 7.58. The van der Waals surface area contributed by atoms with Crippen LogP contribution in [0.25, 0.3) is 0 Å². The van der Waals surface area contributed by atoms with Crippen LogP contribution in [0.1, 0.15) is 13.8 Å². The summed E-state index contributed by atoms with van der Waals surface area (Å²) in [7, 11) is 1.64. The van der Waals surface area contributed by atoms with Crippen LogP contribution >= 0.6 is 0 Å². The highest BCUT2D eigenvalue weighted by Crippen LogP contribution is 2.17. The Morgan fingerprint density at radius 1 is 1.13 bits per heavy atom. The molecule has 84 valence electrons. The minimum Gasteiger partial charge on any atom is -0.497 e. The van der Waals surface area contributed by atoms with Gasteiger partial charge < -0.3 is 15.2 Å². The van der Waals surface area contributed by atoms with Gasteiger partial charge in [-0.1, -0.05) is 13.8 Å². The Labute approximate surface area is 91.2 Å². The third-order valence-electron chi connectivity index (χ3n) is 2.36. The van der Waals surface area contributed by atoms with Crippen LogP contribution < -0.4 is 15.2 Å². The topological polar surface area (TPSA) is 44.5 Å². The fourth-order valence-corrected chi connectivity index (χ4v) is 1.06. The predicted octanol–water partition coefficient (Wildman–Crippen LogP) is 2.06. The van der Waals surface area contributed by atoms with E-state index in [2.05, 4.69) is 13.8 Å².